The lowest BCUT2D eigenvalue weighted by atomic mass is 10.2. The maximum atomic E-state index is 5.97. The molecule has 0 radical (unpaired) electrons. The lowest BCUT2D eigenvalue weighted by molar-refractivity contribution is 0.281. The molecule has 0 amide bonds. The molecule has 2 aromatic carbocycles. The van der Waals surface area contributed by atoms with E-state index >= 15 is 0 Å². The van der Waals surface area contributed by atoms with Gasteiger partial charge in [-0.3, -0.25) is 0 Å². The van der Waals surface area contributed by atoms with E-state index in [1.807, 2.05) is 48.5 Å². The van der Waals surface area contributed by atoms with Gasteiger partial charge in [0.15, 0.2) is 5.96 Å². The highest BCUT2D eigenvalue weighted by atomic mass is 127. The van der Waals surface area contributed by atoms with Gasteiger partial charge in [-0.25, -0.2) is 4.99 Å². The number of nitrogens with zero attached hydrogens (tertiary/aromatic N) is 2. The summed E-state index contributed by atoms with van der Waals surface area (Å²) < 4.78 is 11.0. The lowest BCUT2D eigenvalue weighted by Crippen LogP contribution is -2.22. The van der Waals surface area contributed by atoms with E-state index in [1.165, 1.54) is 0 Å². The molecule has 0 saturated carbocycles. The molecular weight excluding hydrogens is 455 g/mol. The fourth-order valence-electron chi connectivity index (χ4n) is 2.36. The molecular formula is C20H29IN4O2. The minimum absolute atomic E-state index is 0. The van der Waals surface area contributed by atoms with Gasteiger partial charge in [0.1, 0.15) is 11.5 Å². The molecule has 0 aliphatic heterocycles. The second-order valence-corrected chi connectivity index (χ2v) is 6.18. The number of aliphatic imine (C=N–C) groups is 1. The average molecular weight is 484 g/mol. The van der Waals surface area contributed by atoms with Gasteiger partial charge in [-0.15, -0.1) is 24.0 Å². The van der Waals surface area contributed by atoms with E-state index in [0.717, 1.165) is 35.7 Å². The number of halogens is 1. The predicted octanol–water partition coefficient (Wildman–Crippen LogP) is 3.57. The first-order chi connectivity index (χ1) is 12.6. The number of hydrogen-bond donors (Lipinski definition) is 2. The number of hydrogen-bond acceptors (Lipinski definition) is 4. The van der Waals surface area contributed by atoms with E-state index < -0.39 is 0 Å². The summed E-state index contributed by atoms with van der Waals surface area (Å²) in [6.07, 6.45) is 1.00. The third-order valence-electron chi connectivity index (χ3n) is 3.74. The first-order valence-corrected chi connectivity index (χ1v) is 8.65. The smallest absolute Gasteiger partial charge is 0.193 e. The zero-order chi connectivity index (χ0) is 18.8. The zero-order valence-electron chi connectivity index (χ0n) is 16.1. The summed E-state index contributed by atoms with van der Waals surface area (Å²) in [5.41, 5.74) is 7.82. The third-order valence-corrected chi connectivity index (χ3v) is 3.74. The van der Waals surface area contributed by atoms with Crippen molar-refractivity contribution < 1.29 is 9.47 Å². The van der Waals surface area contributed by atoms with Gasteiger partial charge in [-0.2, -0.15) is 0 Å². The number of rotatable bonds is 9. The van der Waals surface area contributed by atoms with E-state index in [2.05, 4.69) is 29.3 Å². The Kier molecular flexibility index (Phi) is 10.6. The van der Waals surface area contributed by atoms with Crippen LogP contribution in [-0.2, 0) is 6.54 Å². The van der Waals surface area contributed by atoms with Crippen LogP contribution in [0.25, 0.3) is 0 Å². The molecule has 6 nitrogen and oxygen atoms in total. The van der Waals surface area contributed by atoms with Gasteiger partial charge in [-0.1, -0.05) is 24.3 Å². The fraction of sp³-hybridized carbons (Fsp3) is 0.350. The van der Waals surface area contributed by atoms with Crippen molar-refractivity contribution >= 4 is 35.6 Å². The van der Waals surface area contributed by atoms with Gasteiger partial charge in [0.25, 0.3) is 0 Å². The highest BCUT2D eigenvalue weighted by Gasteiger charge is 2.02. The van der Waals surface area contributed by atoms with Crippen LogP contribution in [0, 0.1) is 0 Å². The van der Waals surface area contributed by atoms with Crippen molar-refractivity contribution in [2.75, 3.05) is 39.7 Å². The van der Waals surface area contributed by atoms with Crippen LogP contribution in [0.5, 0.6) is 11.5 Å². The molecule has 0 fully saturated rings. The number of anilines is 1. The Morgan fingerprint density at radius 3 is 2.48 bits per heavy atom. The van der Waals surface area contributed by atoms with Crippen molar-refractivity contribution in [3.05, 3.63) is 54.1 Å². The summed E-state index contributed by atoms with van der Waals surface area (Å²) >= 11 is 0. The van der Waals surface area contributed by atoms with Crippen LogP contribution >= 0.6 is 24.0 Å². The molecule has 0 aliphatic rings. The molecule has 0 aromatic heterocycles. The molecule has 0 saturated heterocycles. The summed E-state index contributed by atoms with van der Waals surface area (Å²) in [4.78, 5) is 6.52. The third kappa shape index (κ3) is 8.49. The van der Waals surface area contributed by atoms with Crippen molar-refractivity contribution in [3.8, 4) is 11.5 Å². The van der Waals surface area contributed by atoms with E-state index in [-0.39, 0.29) is 24.0 Å². The number of nitrogens with two attached hydrogens (primary N) is 1. The Balaban J connectivity index is 0.00000364. The minimum Gasteiger partial charge on any atom is -0.495 e. The largest absolute Gasteiger partial charge is 0.495 e. The molecule has 0 heterocycles. The second-order valence-electron chi connectivity index (χ2n) is 6.18. The molecule has 0 atom stereocenters. The maximum absolute atomic E-state index is 5.97. The molecule has 2 rings (SSSR count). The summed E-state index contributed by atoms with van der Waals surface area (Å²) in [7, 11) is 5.74. The summed E-state index contributed by atoms with van der Waals surface area (Å²) in [6, 6.07) is 15.5. The van der Waals surface area contributed by atoms with Crippen molar-refractivity contribution in [1.82, 2.24) is 4.90 Å². The van der Waals surface area contributed by atoms with Gasteiger partial charge in [0.05, 0.1) is 25.9 Å². The topological polar surface area (TPSA) is 72.1 Å². The molecule has 3 N–H and O–H groups in total. The van der Waals surface area contributed by atoms with Crippen LogP contribution in [0.3, 0.4) is 0 Å². The van der Waals surface area contributed by atoms with Crippen LogP contribution in [0.1, 0.15) is 12.0 Å². The van der Waals surface area contributed by atoms with E-state index in [0.29, 0.717) is 19.1 Å². The van der Waals surface area contributed by atoms with E-state index in [9.17, 15) is 0 Å². The molecule has 0 aliphatic carbocycles. The minimum atomic E-state index is 0. The number of methoxy groups -OCH3 is 1. The number of ether oxygens (including phenoxy) is 2. The summed E-state index contributed by atoms with van der Waals surface area (Å²) in [6.45, 7) is 2.23. The number of nitrogens with one attached hydrogen (secondary N) is 1. The fourth-order valence-corrected chi connectivity index (χ4v) is 2.36. The first-order valence-electron chi connectivity index (χ1n) is 8.65. The van der Waals surface area contributed by atoms with Crippen LogP contribution in [0.15, 0.2) is 53.5 Å². The monoisotopic (exact) mass is 484 g/mol. The van der Waals surface area contributed by atoms with Crippen LogP contribution in [0.4, 0.5) is 5.69 Å². The Bertz CT molecular complexity index is 705. The molecule has 2 aromatic rings. The summed E-state index contributed by atoms with van der Waals surface area (Å²) in [5.74, 6) is 1.94. The van der Waals surface area contributed by atoms with E-state index in [1.54, 1.807) is 7.11 Å². The van der Waals surface area contributed by atoms with Crippen LogP contribution < -0.4 is 20.5 Å². The number of guanidine groups is 1. The van der Waals surface area contributed by atoms with Crippen molar-refractivity contribution in [2.24, 2.45) is 10.7 Å². The molecule has 7 heteroatoms. The maximum Gasteiger partial charge on any atom is 0.193 e. The standard InChI is InChI=1S/C20H28N4O2.HI/c1-24(2)13-6-14-26-17-11-9-16(10-12-17)15-22-20(21)23-18-7-4-5-8-19(18)25-3;/h4-5,7-12H,6,13-15H2,1-3H3,(H3,21,22,23);1H. The van der Waals surface area contributed by atoms with Gasteiger partial charge >= 0.3 is 0 Å². The quantitative estimate of drug-likeness (QED) is 0.247. The Morgan fingerprint density at radius 1 is 1.11 bits per heavy atom. The molecule has 27 heavy (non-hydrogen) atoms. The summed E-state index contributed by atoms with van der Waals surface area (Å²) in [5, 5.41) is 3.06. The molecule has 0 bridgehead atoms. The number of benzene rings is 2. The Hall–Kier alpha value is -2.00. The second kappa shape index (κ2) is 12.4. The van der Waals surface area contributed by atoms with Crippen LogP contribution in [0.2, 0.25) is 0 Å². The van der Waals surface area contributed by atoms with Gasteiger partial charge < -0.3 is 25.4 Å². The highest BCUT2D eigenvalue weighted by molar-refractivity contribution is 14.0. The normalized spacial score (nSPS) is 11.0. The Labute approximate surface area is 178 Å². The van der Waals surface area contributed by atoms with Crippen molar-refractivity contribution in [3.63, 3.8) is 0 Å². The molecule has 148 valence electrons. The predicted molar refractivity (Wildman–Crippen MR) is 122 cm³/mol. The number of para-hydroxylation sites is 2. The van der Waals surface area contributed by atoms with E-state index in [4.69, 9.17) is 15.2 Å². The lowest BCUT2D eigenvalue weighted by Gasteiger charge is -2.11. The van der Waals surface area contributed by atoms with Gasteiger partial charge in [0.2, 0.25) is 0 Å². The molecule has 0 unspecified atom stereocenters. The van der Waals surface area contributed by atoms with Gasteiger partial charge in [0, 0.05) is 6.54 Å². The first kappa shape index (κ1) is 23.0. The van der Waals surface area contributed by atoms with Crippen molar-refractivity contribution in [1.29, 1.82) is 0 Å². The Morgan fingerprint density at radius 2 is 1.81 bits per heavy atom. The zero-order valence-corrected chi connectivity index (χ0v) is 18.5. The van der Waals surface area contributed by atoms with Crippen LogP contribution in [-0.4, -0.2) is 45.2 Å². The SMILES string of the molecule is COc1ccccc1NC(N)=NCc1ccc(OCCCN(C)C)cc1.I. The van der Waals surface area contributed by atoms with Crippen molar-refractivity contribution in [2.45, 2.75) is 13.0 Å². The average Bonchev–Trinajstić information content (AvgIpc) is 2.65. The van der Waals surface area contributed by atoms with Gasteiger partial charge in [-0.05, 0) is 50.3 Å². The molecule has 0 spiro atoms. The highest BCUT2D eigenvalue weighted by Crippen LogP contribution is 2.22.